The van der Waals surface area contributed by atoms with E-state index in [1.807, 2.05) is 31.2 Å². The summed E-state index contributed by atoms with van der Waals surface area (Å²) in [5.41, 5.74) is 1.85. The molecule has 0 unspecified atom stereocenters. The van der Waals surface area contributed by atoms with E-state index in [1.54, 1.807) is 0 Å². The minimum atomic E-state index is -0.104. The number of nitrogens with one attached hydrogen (secondary N) is 2. The highest BCUT2D eigenvalue weighted by Gasteiger charge is 2.04. The number of anilines is 1. The van der Waals surface area contributed by atoms with E-state index in [0.29, 0.717) is 12.4 Å². The first-order valence-corrected chi connectivity index (χ1v) is 5.57. The third kappa shape index (κ3) is 3.39. The number of carbonyl (C=O) groups excluding carboxylic acids is 1. The highest BCUT2D eigenvalue weighted by molar-refractivity contribution is 5.92. The van der Waals surface area contributed by atoms with E-state index in [-0.39, 0.29) is 12.5 Å². The predicted octanol–water partition coefficient (Wildman–Crippen LogP) is 1.11. The molecule has 18 heavy (non-hydrogen) atoms. The first kappa shape index (κ1) is 12.3. The van der Waals surface area contributed by atoms with Crippen molar-refractivity contribution in [3.8, 4) is 0 Å². The van der Waals surface area contributed by atoms with E-state index in [2.05, 4.69) is 25.3 Å². The number of nitrogens with zero attached hydrogens (tertiary/aromatic N) is 2. The number of hydrogen-bond acceptors (Lipinski definition) is 5. The lowest BCUT2D eigenvalue weighted by molar-refractivity contribution is -0.115. The lowest BCUT2D eigenvalue weighted by Gasteiger charge is -2.08. The minimum absolute atomic E-state index is 0.104. The number of aryl methyl sites for hydroxylation is 1. The minimum Gasteiger partial charge on any atom is -0.343 e. The van der Waals surface area contributed by atoms with Crippen LogP contribution in [0.1, 0.15) is 11.4 Å². The zero-order valence-corrected chi connectivity index (χ0v) is 10.0. The second kappa shape index (κ2) is 5.92. The van der Waals surface area contributed by atoms with Crippen LogP contribution in [-0.2, 0) is 11.3 Å². The predicted molar refractivity (Wildman–Crippen MR) is 65.8 cm³/mol. The Morgan fingerprint density at radius 3 is 2.94 bits per heavy atom. The Kier molecular flexibility index (Phi) is 4.03. The zero-order chi connectivity index (χ0) is 12.8. The van der Waals surface area contributed by atoms with Gasteiger partial charge in [0, 0.05) is 5.69 Å². The maximum Gasteiger partial charge on any atom is 0.238 e. The molecule has 2 rings (SSSR count). The molecule has 2 N–H and O–H groups in total. The van der Waals surface area contributed by atoms with Crippen molar-refractivity contribution >= 4 is 11.6 Å². The Hall–Kier alpha value is -2.21. The van der Waals surface area contributed by atoms with Gasteiger partial charge in [0.25, 0.3) is 0 Å². The van der Waals surface area contributed by atoms with Crippen LogP contribution in [0.4, 0.5) is 5.69 Å². The molecule has 0 bridgehead atoms. The van der Waals surface area contributed by atoms with Gasteiger partial charge >= 0.3 is 0 Å². The Labute approximate surface area is 104 Å². The number of aromatic nitrogens is 2. The number of benzene rings is 1. The van der Waals surface area contributed by atoms with Gasteiger partial charge in [-0.15, -0.1) is 0 Å². The summed E-state index contributed by atoms with van der Waals surface area (Å²) in [6, 6.07) is 7.63. The summed E-state index contributed by atoms with van der Waals surface area (Å²) >= 11 is 0. The van der Waals surface area contributed by atoms with Crippen molar-refractivity contribution in [2.75, 3.05) is 11.9 Å². The van der Waals surface area contributed by atoms with E-state index in [1.165, 1.54) is 6.39 Å². The van der Waals surface area contributed by atoms with Crippen molar-refractivity contribution < 1.29 is 9.32 Å². The monoisotopic (exact) mass is 246 g/mol. The Balaban J connectivity index is 1.77. The largest absolute Gasteiger partial charge is 0.343 e. The van der Waals surface area contributed by atoms with E-state index < -0.39 is 0 Å². The highest BCUT2D eigenvalue weighted by Crippen LogP contribution is 2.12. The zero-order valence-electron chi connectivity index (χ0n) is 10.0. The summed E-state index contributed by atoms with van der Waals surface area (Å²) in [6.45, 7) is 2.54. The summed E-state index contributed by atoms with van der Waals surface area (Å²) in [5, 5.41) is 9.39. The number of amides is 1. The molecule has 6 heteroatoms. The number of para-hydroxylation sites is 1. The van der Waals surface area contributed by atoms with E-state index in [4.69, 9.17) is 0 Å². The Bertz CT molecular complexity index is 511. The molecule has 0 saturated carbocycles. The van der Waals surface area contributed by atoms with Crippen LogP contribution in [0.3, 0.4) is 0 Å². The van der Waals surface area contributed by atoms with Gasteiger partial charge in [0.2, 0.25) is 12.3 Å². The molecule has 0 atom stereocenters. The summed E-state index contributed by atoms with van der Waals surface area (Å²) in [5.74, 6) is 0.423. The Morgan fingerprint density at radius 2 is 2.22 bits per heavy atom. The fourth-order valence-corrected chi connectivity index (χ4v) is 1.47. The molecular formula is C12H14N4O2. The van der Waals surface area contributed by atoms with Gasteiger partial charge in [-0.2, -0.15) is 4.98 Å². The molecule has 1 amide bonds. The summed E-state index contributed by atoms with van der Waals surface area (Å²) in [6.07, 6.45) is 1.25. The summed E-state index contributed by atoms with van der Waals surface area (Å²) in [7, 11) is 0. The molecule has 1 aromatic heterocycles. The van der Waals surface area contributed by atoms with Gasteiger partial charge < -0.3 is 15.2 Å². The first-order chi connectivity index (χ1) is 8.75. The van der Waals surface area contributed by atoms with Gasteiger partial charge in [-0.1, -0.05) is 23.4 Å². The molecule has 0 aliphatic heterocycles. The fraction of sp³-hybridized carbons (Fsp3) is 0.250. The van der Waals surface area contributed by atoms with Crippen LogP contribution >= 0.6 is 0 Å². The average molecular weight is 246 g/mol. The SMILES string of the molecule is Cc1ccccc1NC(=O)CNCc1ncon1. The number of hydrogen-bond donors (Lipinski definition) is 2. The van der Waals surface area contributed by atoms with Crippen molar-refractivity contribution in [1.29, 1.82) is 0 Å². The number of carbonyl (C=O) groups is 1. The second-order valence-electron chi connectivity index (χ2n) is 3.81. The normalized spacial score (nSPS) is 10.3. The van der Waals surface area contributed by atoms with Gasteiger partial charge in [-0.3, -0.25) is 4.79 Å². The molecule has 1 aromatic carbocycles. The van der Waals surface area contributed by atoms with Gasteiger partial charge in [0.15, 0.2) is 5.82 Å². The molecular weight excluding hydrogens is 232 g/mol. The molecule has 0 fully saturated rings. The van der Waals surface area contributed by atoms with Gasteiger partial charge in [0.1, 0.15) is 0 Å². The van der Waals surface area contributed by atoms with Crippen LogP contribution < -0.4 is 10.6 Å². The summed E-state index contributed by atoms with van der Waals surface area (Å²) in [4.78, 5) is 15.5. The summed E-state index contributed by atoms with van der Waals surface area (Å²) < 4.78 is 4.58. The number of rotatable bonds is 5. The molecule has 2 aromatic rings. The van der Waals surface area contributed by atoms with Crippen LogP contribution in [0.15, 0.2) is 35.2 Å². The second-order valence-corrected chi connectivity index (χ2v) is 3.81. The Morgan fingerprint density at radius 1 is 1.39 bits per heavy atom. The lowest BCUT2D eigenvalue weighted by atomic mass is 10.2. The van der Waals surface area contributed by atoms with Crippen molar-refractivity contribution in [2.45, 2.75) is 13.5 Å². The molecule has 0 saturated heterocycles. The van der Waals surface area contributed by atoms with Gasteiger partial charge in [-0.25, -0.2) is 0 Å². The van der Waals surface area contributed by atoms with Crippen molar-refractivity contribution in [1.82, 2.24) is 15.5 Å². The molecule has 0 aliphatic carbocycles. The van der Waals surface area contributed by atoms with Gasteiger partial charge in [0.05, 0.1) is 13.1 Å². The molecule has 0 spiro atoms. The molecule has 0 radical (unpaired) electrons. The standard InChI is InChI=1S/C12H14N4O2/c1-9-4-2-3-5-10(9)15-12(17)7-13-6-11-14-8-18-16-11/h2-5,8,13H,6-7H2,1H3,(H,15,17). The highest BCUT2D eigenvalue weighted by atomic mass is 16.5. The third-order valence-corrected chi connectivity index (χ3v) is 2.39. The lowest BCUT2D eigenvalue weighted by Crippen LogP contribution is -2.28. The third-order valence-electron chi connectivity index (χ3n) is 2.39. The molecule has 0 aliphatic rings. The smallest absolute Gasteiger partial charge is 0.238 e. The fourth-order valence-electron chi connectivity index (χ4n) is 1.47. The van der Waals surface area contributed by atoms with Crippen molar-refractivity contribution in [3.05, 3.63) is 42.0 Å². The average Bonchev–Trinajstić information content (AvgIpc) is 2.85. The maximum atomic E-state index is 11.7. The quantitative estimate of drug-likeness (QED) is 0.826. The molecule has 1 heterocycles. The van der Waals surface area contributed by atoms with E-state index in [0.717, 1.165) is 11.3 Å². The van der Waals surface area contributed by atoms with Crippen LogP contribution in [0, 0.1) is 6.92 Å². The van der Waals surface area contributed by atoms with Crippen LogP contribution in [0.5, 0.6) is 0 Å². The van der Waals surface area contributed by atoms with E-state index in [9.17, 15) is 4.79 Å². The van der Waals surface area contributed by atoms with Crippen LogP contribution in [-0.4, -0.2) is 22.6 Å². The van der Waals surface area contributed by atoms with E-state index >= 15 is 0 Å². The molecule has 6 nitrogen and oxygen atoms in total. The van der Waals surface area contributed by atoms with Gasteiger partial charge in [-0.05, 0) is 18.6 Å². The van der Waals surface area contributed by atoms with Crippen LogP contribution in [0.25, 0.3) is 0 Å². The topological polar surface area (TPSA) is 80.0 Å². The molecule has 94 valence electrons. The van der Waals surface area contributed by atoms with Crippen LogP contribution in [0.2, 0.25) is 0 Å². The maximum absolute atomic E-state index is 11.7. The van der Waals surface area contributed by atoms with Crippen molar-refractivity contribution in [3.63, 3.8) is 0 Å². The first-order valence-electron chi connectivity index (χ1n) is 5.57. The van der Waals surface area contributed by atoms with Crippen molar-refractivity contribution in [2.24, 2.45) is 0 Å².